The van der Waals surface area contributed by atoms with Gasteiger partial charge in [-0.25, -0.2) is 0 Å². The average molecular weight is 429 g/mol. The minimum absolute atomic E-state index is 0.0230. The highest BCUT2D eigenvalue weighted by Crippen LogP contribution is 2.27. The van der Waals surface area contributed by atoms with Gasteiger partial charge in [-0.05, 0) is 54.8 Å². The standard InChI is InChI=1S/C23H25ClN2O4/c1-29-20-9-6-17(15-21(20)30-2)23(28)25-19-11-13-26(14-12-19)22(27)10-5-16-3-7-18(24)8-4-16/h3-10,15,19H,11-14H2,1-2H3,(H,25,28)/b10-5+. The second-order valence-electron chi connectivity index (χ2n) is 7.03. The molecule has 0 bridgehead atoms. The van der Waals surface area contributed by atoms with E-state index in [0.717, 1.165) is 5.56 Å². The number of hydrogen-bond donors (Lipinski definition) is 1. The van der Waals surface area contributed by atoms with Crippen molar-refractivity contribution in [3.05, 3.63) is 64.7 Å². The van der Waals surface area contributed by atoms with Gasteiger partial charge in [-0.15, -0.1) is 0 Å². The number of hydrogen-bond acceptors (Lipinski definition) is 4. The first-order valence-corrected chi connectivity index (χ1v) is 10.1. The number of rotatable bonds is 6. The predicted octanol–water partition coefficient (Wildman–Crippen LogP) is 3.79. The van der Waals surface area contributed by atoms with E-state index in [4.69, 9.17) is 21.1 Å². The molecule has 1 N–H and O–H groups in total. The van der Waals surface area contributed by atoms with Gasteiger partial charge in [-0.2, -0.15) is 0 Å². The van der Waals surface area contributed by atoms with Crippen molar-refractivity contribution in [2.24, 2.45) is 0 Å². The van der Waals surface area contributed by atoms with Gasteiger partial charge in [-0.1, -0.05) is 23.7 Å². The van der Waals surface area contributed by atoms with E-state index in [0.29, 0.717) is 48.0 Å². The topological polar surface area (TPSA) is 67.9 Å². The monoisotopic (exact) mass is 428 g/mol. The minimum Gasteiger partial charge on any atom is -0.493 e. The maximum atomic E-state index is 12.6. The largest absolute Gasteiger partial charge is 0.493 e. The molecule has 0 aromatic heterocycles. The van der Waals surface area contributed by atoms with Gasteiger partial charge in [-0.3, -0.25) is 9.59 Å². The molecular weight excluding hydrogens is 404 g/mol. The first-order chi connectivity index (χ1) is 14.5. The second kappa shape index (κ2) is 10.2. The highest BCUT2D eigenvalue weighted by atomic mass is 35.5. The van der Waals surface area contributed by atoms with Crippen LogP contribution < -0.4 is 14.8 Å². The predicted molar refractivity (Wildman–Crippen MR) is 117 cm³/mol. The van der Waals surface area contributed by atoms with Crippen molar-refractivity contribution in [1.82, 2.24) is 10.2 Å². The van der Waals surface area contributed by atoms with Crippen molar-refractivity contribution in [2.75, 3.05) is 27.3 Å². The van der Waals surface area contributed by atoms with Gasteiger partial charge in [0.05, 0.1) is 14.2 Å². The van der Waals surface area contributed by atoms with Crippen LogP contribution >= 0.6 is 11.6 Å². The van der Waals surface area contributed by atoms with Gasteiger partial charge in [0.25, 0.3) is 5.91 Å². The van der Waals surface area contributed by atoms with E-state index in [2.05, 4.69) is 5.32 Å². The van der Waals surface area contributed by atoms with Crippen LogP contribution in [0, 0.1) is 0 Å². The summed E-state index contributed by atoms with van der Waals surface area (Å²) in [4.78, 5) is 26.8. The Labute approximate surface area is 181 Å². The molecule has 1 heterocycles. The summed E-state index contributed by atoms with van der Waals surface area (Å²) >= 11 is 5.87. The zero-order valence-corrected chi connectivity index (χ0v) is 17.8. The maximum Gasteiger partial charge on any atom is 0.251 e. The Bertz CT molecular complexity index is 919. The fourth-order valence-corrected chi connectivity index (χ4v) is 3.46. The first kappa shape index (κ1) is 21.7. The van der Waals surface area contributed by atoms with Crippen LogP contribution in [-0.4, -0.2) is 50.1 Å². The van der Waals surface area contributed by atoms with Crippen LogP contribution in [0.2, 0.25) is 5.02 Å². The molecule has 0 aliphatic carbocycles. The van der Waals surface area contributed by atoms with E-state index in [1.54, 1.807) is 54.5 Å². The molecule has 0 spiro atoms. The lowest BCUT2D eigenvalue weighted by atomic mass is 10.0. The Morgan fingerprint density at radius 3 is 2.33 bits per heavy atom. The number of carbonyl (C=O) groups is 2. The van der Waals surface area contributed by atoms with E-state index in [-0.39, 0.29) is 17.9 Å². The smallest absolute Gasteiger partial charge is 0.251 e. The van der Waals surface area contributed by atoms with E-state index in [1.165, 1.54) is 7.11 Å². The van der Waals surface area contributed by atoms with Gasteiger partial charge in [0.2, 0.25) is 5.91 Å². The lowest BCUT2D eigenvalue weighted by Gasteiger charge is -2.31. The Morgan fingerprint density at radius 1 is 1.03 bits per heavy atom. The summed E-state index contributed by atoms with van der Waals surface area (Å²) in [5.41, 5.74) is 1.43. The van der Waals surface area contributed by atoms with Crippen molar-refractivity contribution < 1.29 is 19.1 Å². The second-order valence-corrected chi connectivity index (χ2v) is 7.46. The normalized spacial score (nSPS) is 14.6. The molecule has 3 rings (SSSR count). The van der Waals surface area contributed by atoms with Gasteiger partial charge in [0.15, 0.2) is 11.5 Å². The Balaban J connectivity index is 1.51. The Morgan fingerprint density at radius 2 is 1.70 bits per heavy atom. The number of nitrogens with zero attached hydrogens (tertiary/aromatic N) is 1. The van der Waals surface area contributed by atoms with Crippen molar-refractivity contribution in [1.29, 1.82) is 0 Å². The van der Waals surface area contributed by atoms with E-state index < -0.39 is 0 Å². The number of ether oxygens (including phenoxy) is 2. The quantitative estimate of drug-likeness (QED) is 0.711. The van der Waals surface area contributed by atoms with Crippen molar-refractivity contribution in [3.63, 3.8) is 0 Å². The molecule has 2 aromatic carbocycles. The van der Waals surface area contributed by atoms with Crippen molar-refractivity contribution >= 4 is 29.5 Å². The van der Waals surface area contributed by atoms with Crippen LogP contribution in [0.25, 0.3) is 6.08 Å². The highest BCUT2D eigenvalue weighted by molar-refractivity contribution is 6.30. The molecule has 7 heteroatoms. The number of amides is 2. The number of methoxy groups -OCH3 is 2. The lowest BCUT2D eigenvalue weighted by Crippen LogP contribution is -2.46. The maximum absolute atomic E-state index is 12.6. The van der Waals surface area contributed by atoms with Crippen molar-refractivity contribution in [2.45, 2.75) is 18.9 Å². The molecule has 6 nitrogen and oxygen atoms in total. The number of carbonyl (C=O) groups excluding carboxylic acids is 2. The Kier molecular flexibility index (Phi) is 7.36. The third-order valence-electron chi connectivity index (χ3n) is 5.08. The molecule has 2 aromatic rings. The molecular formula is C23H25ClN2O4. The van der Waals surface area contributed by atoms with Gasteiger partial charge >= 0.3 is 0 Å². The summed E-state index contributed by atoms with van der Waals surface area (Å²) in [7, 11) is 3.09. The van der Waals surface area contributed by atoms with Crippen molar-refractivity contribution in [3.8, 4) is 11.5 Å². The molecule has 0 radical (unpaired) electrons. The first-order valence-electron chi connectivity index (χ1n) is 9.75. The minimum atomic E-state index is -0.164. The number of piperidine rings is 1. The van der Waals surface area contributed by atoms with Crippen LogP contribution in [0.4, 0.5) is 0 Å². The Hall–Kier alpha value is -2.99. The summed E-state index contributed by atoms with van der Waals surface area (Å²) < 4.78 is 10.5. The van der Waals surface area contributed by atoms with Gasteiger partial charge < -0.3 is 19.7 Å². The molecule has 1 aliphatic heterocycles. The molecule has 2 amide bonds. The fourth-order valence-electron chi connectivity index (χ4n) is 3.34. The summed E-state index contributed by atoms with van der Waals surface area (Å²) in [5, 5.41) is 3.71. The summed E-state index contributed by atoms with van der Waals surface area (Å²) in [6, 6.07) is 12.4. The molecule has 0 unspecified atom stereocenters. The molecule has 158 valence electrons. The molecule has 0 atom stereocenters. The van der Waals surface area contributed by atoms with Crippen LogP contribution in [-0.2, 0) is 4.79 Å². The van der Waals surface area contributed by atoms with Crippen LogP contribution in [0.5, 0.6) is 11.5 Å². The SMILES string of the molecule is COc1ccc(C(=O)NC2CCN(C(=O)/C=C/c3ccc(Cl)cc3)CC2)cc1OC. The molecule has 0 saturated carbocycles. The number of benzene rings is 2. The van der Waals surface area contributed by atoms with Gasteiger partial charge in [0.1, 0.15) is 0 Å². The van der Waals surface area contributed by atoms with E-state index in [9.17, 15) is 9.59 Å². The molecule has 30 heavy (non-hydrogen) atoms. The summed E-state index contributed by atoms with van der Waals surface area (Å²) in [6.07, 6.45) is 4.77. The third kappa shape index (κ3) is 5.54. The van der Waals surface area contributed by atoms with E-state index >= 15 is 0 Å². The highest BCUT2D eigenvalue weighted by Gasteiger charge is 2.23. The van der Waals surface area contributed by atoms with Crippen LogP contribution in [0.15, 0.2) is 48.5 Å². The molecule has 1 fully saturated rings. The summed E-state index contributed by atoms with van der Waals surface area (Å²) in [6.45, 7) is 1.20. The summed E-state index contributed by atoms with van der Waals surface area (Å²) in [5.74, 6) is 0.892. The van der Waals surface area contributed by atoms with Gasteiger partial charge in [0, 0.05) is 35.8 Å². The number of halogens is 1. The molecule has 1 aliphatic rings. The lowest BCUT2D eigenvalue weighted by molar-refractivity contribution is -0.126. The third-order valence-corrected chi connectivity index (χ3v) is 5.33. The molecule has 1 saturated heterocycles. The zero-order valence-electron chi connectivity index (χ0n) is 17.1. The zero-order chi connectivity index (χ0) is 21.5. The van der Waals surface area contributed by atoms with Crippen LogP contribution in [0.1, 0.15) is 28.8 Å². The van der Waals surface area contributed by atoms with Crippen LogP contribution in [0.3, 0.4) is 0 Å². The number of likely N-dealkylation sites (tertiary alicyclic amines) is 1. The number of nitrogens with one attached hydrogen (secondary N) is 1. The average Bonchev–Trinajstić information content (AvgIpc) is 2.78. The van der Waals surface area contributed by atoms with E-state index in [1.807, 2.05) is 12.1 Å². The fraction of sp³-hybridized carbons (Fsp3) is 0.304.